The Bertz CT molecular complexity index is 572. The van der Waals surface area contributed by atoms with E-state index in [9.17, 15) is 14.5 Å². The molecule has 0 aliphatic carbocycles. The summed E-state index contributed by atoms with van der Waals surface area (Å²) in [7, 11) is 0. The van der Waals surface area contributed by atoms with Crippen LogP contribution in [0.2, 0.25) is 0 Å². The van der Waals surface area contributed by atoms with Gasteiger partial charge in [0.15, 0.2) is 5.82 Å². The molecule has 8 heteroatoms. The Morgan fingerprint density at radius 2 is 2.13 bits per heavy atom. The molecule has 2 aliphatic rings. The Morgan fingerprint density at radius 3 is 2.78 bits per heavy atom. The van der Waals surface area contributed by atoms with E-state index < -0.39 is 10.7 Å². The largest absolute Gasteiger partial charge is 0.378 e. The molecule has 0 amide bonds. The second kappa shape index (κ2) is 7.10. The maximum atomic E-state index is 14.3. The number of nitrogens with zero attached hydrogens (tertiary/aromatic N) is 2. The number of halogens is 1. The van der Waals surface area contributed by atoms with Crippen LogP contribution in [0.4, 0.5) is 21.5 Å². The van der Waals surface area contributed by atoms with Crippen LogP contribution in [0, 0.1) is 15.9 Å². The van der Waals surface area contributed by atoms with Crippen molar-refractivity contribution in [3.05, 3.63) is 28.1 Å². The van der Waals surface area contributed by atoms with E-state index in [1.54, 1.807) is 0 Å². The van der Waals surface area contributed by atoms with Gasteiger partial charge in [-0.05, 0) is 18.9 Å². The van der Waals surface area contributed by atoms with Crippen LogP contribution in [-0.4, -0.2) is 50.5 Å². The molecule has 0 spiro atoms. The lowest BCUT2D eigenvalue weighted by Crippen LogP contribution is -2.36. The van der Waals surface area contributed by atoms with Crippen LogP contribution < -0.4 is 10.2 Å². The molecule has 1 N–H and O–H groups in total. The van der Waals surface area contributed by atoms with Gasteiger partial charge < -0.3 is 19.7 Å². The zero-order chi connectivity index (χ0) is 16.2. The fourth-order valence-corrected chi connectivity index (χ4v) is 2.92. The lowest BCUT2D eigenvalue weighted by molar-refractivity contribution is -0.384. The zero-order valence-corrected chi connectivity index (χ0v) is 12.8. The predicted octanol–water partition coefficient (Wildman–Crippen LogP) is 2.16. The predicted molar refractivity (Wildman–Crippen MR) is 83.6 cm³/mol. The van der Waals surface area contributed by atoms with E-state index in [1.807, 2.05) is 4.90 Å². The van der Waals surface area contributed by atoms with Crippen LogP contribution in [0.5, 0.6) is 0 Å². The van der Waals surface area contributed by atoms with E-state index in [-0.39, 0.29) is 11.8 Å². The Labute approximate surface area is 133 Å². The number of rotatable bonds is 5. The molecule has 0 saturated carbocycles. The third kappa shape index (κ3) is 3.70. The first-order valence-electron chi connectivity index (χ1n) is 7.81. The van der Waals surface area contributed by atoms with Gasteiger partial charge in [-0.2, -0.15) is 0 Å². The summed E-state index contributed by atoms with van der Waals surface area (Å²) in [4.78, 5) is 12.5. The molecule has 1 aromatic rings. The highest BCUT2D eigenvalue weighted by Gasteiger charge is 2.24. The van der Waals surface area contributed by atoms with Crippen molar-refractivity contribution in [3.63, 3.8) is 0 Å². The number of benzene rings is 1. The Kier molecular flexibility index (Phi) is 4.92. The maximum absolute atomic E-state index is 14.3. The first-order valence-corrected chi connectivity index (χ1v) is 7.81. The van der Waals surface area contributed by atoms with Gasteiger partial charge in [0.25, 0.3) is 5.69 Å². The van der Waals surface area contributed by atoms with E-state index >= 15 is 0 Å². The minimum atomic E-state index is -0.582. The molecule has 0 aromatic heterocycles. The second-order valence-corrected chi connectivity index (χ2v) is 5.69. The summed E-state index contributed by atoms with van der Waals surface area (Å²) in [5.41, 5.74) is 0.444. The summed E-state index contributed by atoms with van der Waals surface area (Å²) in [5, 5.41) is 14.2. The normalized spacial score (nSPS) is 21.4. The van der Waals surface area contributed by atoms with E-state index in [0.717, 1.165) is 25.5 Å². The average molecular weight is 325 g/mol. The number of nitrogens with one attached hydrogen (secondary N) is 1. The van der Waals surface area contributed by atoms with Gasteiger partial charge in [0.2, 0.25) is 0 Å². The SMILES string of the molecule is O=[N+]([O-])c1cc(F)c(N2CCOCC2)cc1NCC1CCCO1. The van der Waals surface area contributed by atoms with Crippen molar-refractivity contribution in [3.8, 4) is 0 Å². The third-order valence-corrected chi connectivity index (χ3v) is 4.16. The summed E-state index contributed by atoms with van der Waals surface area (Å²) in [6.07, 6.45) is 1.97. The van der Waals surface area contributed by atoms with Crippen LogP contribution in [0.1, 0.15) is 12.8 Å². The molecule has 0 bridgehead atoms. The highest BCUT2D eigenvalue weighted by molar-refractivity contribution is 5.70. The molecule has 0 radical (unpaired) electrons. The number of anilines is 2. The van der Waals surface area contributed by atoms with E-state index in [1.165, 1.54) is 6.07 Å². The van der Waals surface area contributed by atoms with Gasteiger partial charge in [0, 0.05) is 26.2 Å². The van der Waals surface area contributed by atoms with Crippen LogP contribution in [-0.2, 0) is 9.47 Å². The monoisotopic (exact) mass is 325 g/mol. The molecule has 2 aliphatic heterocycles. The topological polar surface area (TPSA) is 76.9 Å². The third-order valence-electron chi connectivity index (χ3n) is 4.16. The van der Waals surface area contributed by atoms with Gasteiger partial charge in [-0.25, -0.2) is 4.39 Å². The molecule has 7 nitrogen and oxygen atoms in total. The van der Waals surface area contributed by atoms with Crippen LogP contribution in [0.25, 0.3) is 0 Å². The van der Waals surface area contributed by atoms with Crippen molar-refractivity contribution >= 4 is 17.1 Å². The Morgan fingerprint density at radius 1 is 1.35 bits per heavy atom. The summed E-state index contributed by atoms with van der Waals surface area (Å²) in [6.45, 7) is 3.38. The van der Waals surface area contributed by atoms with Crippen molar-refractivity contribution in [1.82, 2.24) is 0 Å². The number of nitro benzene ring substituents is 1. The zero-order valence-electron chi connectivity index (χ0n) is 12.8. The molecular weight excluding hydrogens is 305 g/mol. The number of hydrogen-bond acceptors (Lipinski definition) is 6. The standard InChI is InChI=1S/C15H20FN3O4/c16-12-8-15(19(20)21)13(17-10-11-2-1-5-23-11)9-14(12)18-3-6-22-7-4-18/h8-9,11,17H,1-7,10H2. The first kappa shape index (κ1) is 15.9. The van der Waals surface area contributed by atoms with Crippen LogP contribution in [0.3, 0.4) is 0 Å². The summed E-state index contributed by atoms with van der Waals surface area (Å²) >= 11 is 0. The van der Waals surface area contributed by atoms with Crippen LogP contribution in [0.15, 0.2) is 12.1 Å². The first-order chi connectivity index (χ1) is 11.1. The van der Waals surface area contributed by atoms with Crippen molar-refractivity contribution in [2.45, 2.75) is 18.9 Å². The molecular formula is C15H20FN3O4. The quantitative estimate of drug-likeness (QED) is 0.660. The van der Waals surface area contributed by atoms with Gasteiger partial charge in [-0.3, -0.25) is 10.1 Å². The fraction of sp³-hybridized carbons (Fsp3) is 0.600. The van der Waals surface area contributed by atoms with Crippen molar-refractivity contribution in [2.75, 3.05) is 49.7 Å². The smallest absolute Gasteiger partial charge is 0.295 e. The molecule has 2 heterocycles. The molecule has 3 rings (SSSR count). The van der Waals surface area contributed by atoms with Crippen molar-refractivity contribution < 1.29 is 18.8 Å². The van der Waals surface area contributed by atoms with E-state index in [2.05, 4.69) is 5.32 Å². The van der Waals surface area contributed by atoms with Crippen molar-refractivity contribution in [1.29, 1.82) is 0 Å². The van der Waals surface area contributed by atoms with Gasteiger partial charge in [0.05, 0.1) is 36.0 Å². The van der Waals surface area contributed by atoms with E-state index in [0.29, 0.717) is 44.2 Å². The fourth-order valence-electron chi connectivity index (χ4n) is 2.92. The average Bonchev–Trinajstić information content (AvgIpc) is 3.07. The van der Waals surface area contributed by atoms with Crippen LogP contribution >= 0.6 is 0 Å². The maximum Gasteiger partial charge on any atom is 0.295 e. The number of morpholine rings is 1. The van der Waals surface area contributed by atoms with Gasteiger partial charge in [0.1, 0.15) is 5.69 Å². The Balaban J connectivity index is 1.82. The number of ether oxygens (including phenoxy) is 2. The van der Waals surface area contributed by atoms with E-state index in [4.69, 9.17) is 9.47 Å². The van der Waals surface area contributed by atoms with Gasteiger partial charge in [-0.1, -0.05) is 0 Å². The molecule has 2 fully saturated rings. The highest BCUT2D eigenvalue weighted by atomic mass is 19.1. The lowest BCUT2D eigenvalue weighted by Gasteiger charge is -2.29. The molecule has 2 saturated heterocycles. The van der Waals surface area contributed by atoms with Crippen molar-refractivity contribution in [2.24, 2.45) is 0 Å². The number of hydrogen-bond donors (Lipinski definition) is 1. The highest BCUT2D eigenvalue weighted by Crippen LogP contribution is 2.33. The van der Waals surface area contributed by atoms with Gasteiger partial charge >= 0.3 is 0 Å². The van der Waals surface area contributed by atoms with Gasteiger partial charge in [-0.15, -0.1) is 0 Å². The molecule has 23 heavy (non-hydrogen) atoms. The lowest BCUT2D eigenvalue weighted by atomic mass is 10.2. The molecule has 1 aromatic carbocycles. The summed E-state index contributed by atoms with van der Waals surface area (Å²) in [5.74, 6) is -0.582. The number of nitro groups is 1. The Hall–Kier alpha value is -1.93. The summed E-state index contributed by atoms with van der Waals surface area (Å²) in [6, 6.07) is 2.51. The molecule has 1 atom stereocenters. The summed E-state index contributed by atoms with van der Waals surface area (Å²) < 4.78 is 25.1. The molecule has 126 valence electrons. The minimum Gasteiger partial charge on any atom is -0.378 e. The molecule has 1 unspecified atom stereocenters. The minimum absolute atomic E-state index is 0.0477. The second-order valence-electron chi connectivity index (χ2n) is 5.69.